The van der Waals surface area contributed by atoms with Gasteiger partial charge in [-0.05, 0) is 31.5 Å². The third-order valence-corrected chi connectivity index (χ3v) is 5.14. The SMILES string of the molecule is CCOC(=O)C1=C(CN(CC)Cc2ccccc2)NC(=O)N[C@H]1c1ccc(C)cc1. The lowest BCUT2D eigenvalue weighted by Crippen LogP contribution is -2.48. The van der Waals surface area contributed by atoms with Crippen molar-refractivity contribution in [3.8, 4) is 0 Å². The molecule has 0 aromatic heterocycles. The Hall–Kier alpha value is -3.12. The van der Waals surface area contributed by atoms with E-state index < -0.39 is 12.0 Å². The summed E-state index contributed by atoms with van der Waals surface area (Å²) in [5.41, 5.74) is 4.17. The van der Waals surface area contributed by atoms with Gasteiger partial charge in [-0.3, -0.25) is 4.90 Å². The largest absolute Gasteiger partial charge is 0.463 e. The summed E-state index contributed by atoms with van der Waals surface area (Å²) in [6, 6.07) is 17.1. The number of nitrogens with zero attached hydrogens (tertiary/aromatic N) is 1. The number of hydrogen-bond donors (Lipinski definition) is 2. The number of rotatable bonds is 8. The smallest absolute Gasteiger partial charge is 0.338 e. The fourth-order valence-corrected chi connectivity index (χ4v) is 3.55. The van der Waals surface area contributed by atoms with Gasteiger partial charge in [0.2, 0.25) is 0 Å². The molecule has 2 aromatic rings. The van der Waals surface area contributed by atoms with Gasteiger partial charge in [-0.15, -0.1) is 0 Å². The molecule has 1 aliphatic rings. The third kappa shape index (κ3) is 5.27. The van der Waals surface area contributed by atoms with Crippen molar-refractivity contribution in [2.45, 2.75) is 33.4 Å². The molecule has 0 saturated heterocycles. The standard InChI is InChI=1S/C24H29N3O3/c1-4-27(15-18-9-7-6-8-10-18)16-20-21(23(28)30-5-2)22(26-24(29)25-20)19-13-11-17(3)12-14-19/h6-14,22H,4-5,15-16H2,1-3H3,(H2,25,26,29)/t22-/m0/s1. The highest BCUT2D eigenvalue weighted by molar-refractivity contribution is 5.95. The summed E-state index contributed by atoms with van der Waals surface area (Å²) in [5, 5.41) is 5.74. The lowest BCUT2D eigenvalue weighted by Gasteiger charge is -2.32. The van der Waals surface area contributed by atoms with Gasteiger partial charge in [0.15, 0.2) is 0 Å². The van der Waals surface area contributed by atoms with Crippen LogP contribution in [0.4, 0.5) is 4.79 Å². The first-order valence-corrected chi connectivity index (χ1v) is 10.3. The average Bonchev–Trinajstić information content (AvgIpc) is 2.74. The van der Waals surface area contributed by atoms with E-state index in [1.54, 1.807) is 6.92 Å². The number of likely N-dealkylation sites (N-methyl/N-ethyl adjacent to an activating group) is 1. The molecule has 2 amide bonds. The number of aryl methyl sites for hydroxylation is 1. The summed E-state index contributed by atoms with van der Waals surface area (Å²) >= 11 is 0. The van der Waals surface area contributed by atoms with Crippen molar-refractivity contribution in [1.82, 2.24) is 15.5 Å². The van der Waals surface area contributed by atoms with E-state index in [1.165, 1.54) is 5.56 Å². The van der Waals surface area contributed by atoms with Crippen LogP contribution in [0, 0.1) is 6.92 Å². The first-order chi connectivity index (χ1) is 14.5. The summed E-state index contributed by atoms with van der Waals surface area (Å²) in [5.74, 6) is -0.415. The molecule has 0 unspecified atom stereocenters. The van der Waals surface area contributed by atoms with Crippen molar-refractivity contribution in [3.63, 3.8) is 0 Å². The Kier molecular flexibility index (Phi) is 7.25. The molecule has 0 aliphatic carbocycles. The number of esters is 1. The van der Waals surface area contributed by atoms with Crippen LogP contribution in [-0.2, 0) is 16.1 Å². The normalized spacial score (nSPS) is 16.3. The summed E-state index contributed by atoms with van der Waals surface area (Å²) in [6.45, 7) is 8.04. The van der Waals surface area contributed by atoms with Crippen LogP contribution in [0.5, 0.6) is 0 Å². The number of nitrogens with one attached hydrogen (secondary N) is 2. The number of benzene rings is 2. The highest BCUT2D eigenvalue weighted by atomic mass is 16.5. The van der Waals surface area contributed by atoms with Gasteiger partial charge >= 0.3 is 12.0 Å². The second-order valence-electron chi connectivity index (χ2n) is 7.34. The monoisotopic (exact) mass is 407 g/mol. The molecule has 158 valence electrons. The Morgan fingerprint density at radius 1 is 1.03 bits per heavy atom. The predicted molar refractivity (Wildman–Crippen MR) is 117 cm³/mol. The van der Waals surface area contributed by atoms with E-state index in [9.17, 15) is 9.59 Å². The van der Waals surface area contributed by atoms with Gasteiger partial charge in [-0.2, -0.15) is 0 Å². The van der Waals surface area contributed by atoms with E-state index in [0.29, 0.717) is 17.8 Å². The fourth-order valence-electron chi connectivity index (χ4n) is 3.55. The van der Waals surface area contributed by atoms with E-state index in [2.05, 4.69) is 34.6 Å². The lowest BCUT2D eigenvalue weighted by molar-refractivity contribution is -0.139. The third-order valence-electron chi connectivity index (χ3n) is 5.14. The maximum absolute atomic E-state index is 12.9. The van der Waals surface area contributed by atoms with Crippen molar-refractivity contribution in [3.05, 3.63) is 82.6 Å². The van der Waals surface area contributed by atoms with Crippen molar-refractivity contribution in [2.75, 3.05) is 19.7 Å². The van der Waals surface area contributed by atoms with Gasteiger partial charge in [-0.25, -0.2) is 9.59 Å². The molecule has 0 bridgehead atoms. The first kappa shape index (κ1) is 21.6. The zero-order chi connectivity index (χ0) is 21.5. The molecular weight excluding hydrogens is 378 g/mol. The Labute approximate surface area is 177 Å². The Morgan fingerprint density at radius 2 is 1.73 bits per heavy atom. The molecule has 1 atom stereocenters. The number of carbonyl (C=O) groups excluding carboxylic acids is 2. The number of carbonyl (C=O) groups is 2. The second kappa shape index (κ2) is 10.1. The topological polar surface area (TPSA) is 70.7 Å². The molecule has 0 radical (unpaired) electrons. The summed E-state index contributed by atoms with van der Waals surface area (Å²) in [6.07, 6.45) is 0. The van der Waals surface area contributed by atoms with Gasteiger partial charge in [0, 0.05) is 18.8 Å². The van der Waals surface area contributed by atoms with E-state index in [0.717, 1.165) is 24.2 Å². The Bertz CT molecular complexity index is 907. The Balaban J connectivity index is 1.96. The van der Waals surface area contributed by atoms with Crippen molar-refractivity contribution in [2.24, 2.45) is 0 Å². The molecule has 1 aliphatic heterocycles. The molecule has 0 fully saturated rings. The highest BCUT2D eigenvalue weighted by Gasteiger charge is 2.34. The first-order valence-electron chi connectivity index (χ1n) is 10.3. The molecule has 0 spiro atoms. The van der Waals surface area contributed by atoms with E-state index in [4.69, 9.17) is 4.74 Å². The van der Waals surface area contributed by atoms with Crippen LogP contribution >= 0.6 is 0 Å². The van der Waals surface area contributed by atoms with Crippen LogP contribution in [0.15, 0.2) is 65.9 Å². The van der Waals surface area contributed by atoms with Crippen LogP contribution in [0.2, 0.25) is 0 Å². The van der Waals surface area contributed by atoms with Gasteiger partial charge in [-0.1, -0.05) is 67.1 Å². The van der Waals surface area contributed by atoms with Gasteiger partial charge in [0.25, 0.3) is 0 Å². The van der Waals surface area contributed by atoms with Crippen LogP contribution in [-0.4, -0.2) is 36.6 Å². The molecule has 3 rings (SSSR count). The van der Waals surface area contributed by atoms with Crippen molar-refractivity contribution < 1.29 is 14.3 Å². The molecule has 2 N–H and O–H groups in total. The van der Waals surface area contributed by atoms with Crippen LogP contribution in [0.3, 0.4) is 0 Å². The summed E-state index contributed by atoms with van der Waals surface area (Å²) in [4.78, 5) is 27.5. The summed E-state index contributed by atoms with van der Waals surface area (Å²) in [7, 11) is 0. The predicted octanol–water partition coefficient (Wildman–Crippen LogP) is 3.69. The van der Waals surface area contributed by atoms with Gasteiger partial charge < -0.3 is 15.4 Å². The van der Waals surface area contributed by atoms with Crippen LogP contribution in [0.25, 0.3) is 0 Å². The Morgan fingerprint density at radius 3 is 2.37 bits per heavy atom. The number of ether oxygens (including phenoxy) is 1. The second-order valence-corrected chi connectivity index (χ2v) is 7.34. The van der Waals surface area contributed by atoms with Gasteiger partial charge in [0.1, 0.15) is 0 Å². The molecular formula is C24H29N3O3. The molecule has 30 heavy (non-hydrogen) atoms. The molecule has 6 nitrogen and oxygen atoms in total. The zero-order valence-electron chi connectivity index (χ0n) is 17.8. The average molecular weight is 408 g/mol. The maximum atomic E-state index is 12.9. The van der Waals surface area contributed by atoms with E-state index in [1.807, 2.05) is 49.4 Å². The number of hydrogen-bond acceptors (Lipinski definition) is 4. The minimum absolute atomic E-state index is 0.270. The van der Waals surface area contributed by atoms with E-state index in [-0.39, 0.29) is 12.6 Å². The molecule has 2 aromatic carbocycles. The van der Waals surface area contributed by atoms with E-state index >= 15 is 0 Å². The van der Waals surface area contributed by atoms with Crippen molar-refractivity contribution >= 4 is 12.0 Å². The highest BCUT2D eigenvalue weighted by Crippen LogP contribution is 2.28. The molecule has 1 heterocycles. The van der Waals surface area contributed by atoms with Crippen molar-refractivity contribution in [1.29, 1.82) is 0 Å². The zero-order valence-corrected chi connectivity index (χ0v) is 17.8. The molecule has 6 heteroatoms. The number of urea groups is 1. The maximum Gasteiger partial charge on any atom is 0.338 e. The van der Waals surface area contributed by atoms with Crippen LogP contribution < -0.4 is 10.6 Å². The molecule has 0 saturated carbocycles. The minimum Gasteiger partial charge on any atom is -0.463 e. The summed E-state index contributed by atoms with van der Waals surface area (Å²) < 4.78 is 5.35. The van der Waals surface area contributed by atoms with Gasteiger partial charge in [0.05, 0.1) is 18.2 Å². The number of amides is 2. The quantitative estimate of drug-likeness (QED) is 0.655. The minimum atomic E-state index is -0.552. The van der Waals surface area contributed by atoms with Crippen LogP contribution in [0.1, 0.15) is 36.6 Å². The lowest BCUT2D eigenvalue weighted by atomic mass is 9.94. The fraction of sp³-hybridized carbons (Fsp3) is 0.333.